The molecule has 0 saturated carbocycles. The molecule has 0 aromatic heterocycles. The summed E-state index contributed by atoms with van der Waals surface area (Å²) < 4.78 is 0. The summed E-state index contributed by atoms with van der Waals surface area (Å²) >= 11 is 0. The third kappa shape index (κ3) is 4.08. The number of hydroxylamine groups is 1. The van der Waals surface area contributed by atoms with Crippen molar-refractivity contribution < 1.29 is 10.0 Å². The summed E-state index contributed by atoms with van der Waals surface area (Å²) in [6, 6.07) is -0.450. The van der Waals surface area contributed by atoms with Gasteiger partial charge in [0.2, 0.25) is 0 Å². The lowest BCUT2D eigenvalue weighted by Gasteiger charge is -2.04. The molecule has 0 fully saturated rings. The van der Waals surface area contributed by atoms with Gasteiger partial charge >= 0.3 is 0 Å². The summed E-state index contributed by atoms with van der Waals surface area (Å²) in [6.07, 6.45) is 2.00. The fourth-order valence-electron chi connectivity index (χ4n) is 0.501. The van der Waals surface area contributed by atoms with Crippen LogP contribution < -0.4 is 11.2 Å². The Morgan fingerprint density at radius 2 is 2.44 bits per heavy atom. The average Bonchev–Trinajstić information content (AvgIpc) is 1.91. The maximum absolute atomic E-state index is 9.98. The fraction of sp³-hybridized carbons (Fsp3) is 0.800. The van der Waals surface area contributed by atoms with Gasteiger partial charge in [-0.2, -0.15) is 5.48 Å². The first-order chi connectivity index (χ1) is 4.35. The van der Waals surface area contributed by atoms with Crippen molar-refractivity contribution in [2.24, 2.45) is 5.73 Å². The molecule has 0 radical (unpaired) electrons. The van der Waals surface area contributed by atoms with Gasteiger partial charge in [0.05, 0.1) is 6.04 Å². The van der Waals surface area contributed by atoms with Crippen LogP contribution in [0.2, 0.25) is 0 Å². The van der Waals surface area contributed by atoms with Crippen LogP contribution >= 0.6 is 0 Å². The molecule has 9 heavy (non-hydrogen) atoms. The maximum atomic E-state index is 9.98. The Bertz CT molecular complexity index is 77.4. The number of carbonyl (C=O) groups is 1. The van der Waals surface area contributed by atoms with Crippen LogP contribution in [0.4, 0.5) is 0 Å². The van der Waals surface area contributed by atoms with E-state index in [4.69, 9.17) is 10.9 Å². The van der Waals surface area contributed by atoms with E-state index >= 15 is 0 Å². The van der Waals surface area contributed by atoms with Crippen LogP contribution in [0.25, 0.3) is 0 Å². The monoisotopic (exact) mass is 132 g/mol. The van der Waals surface area contributed by atoms with Crippen molar-refractivity contribution in [3.8, 4) is 0 Å². The van der Waals surface area contributed by atoms with Gasteiger partial charge in [-0.3, -0.25) is 0 Å². The molecule has 0 spiro atoms. The molecule has 4 N–H and O–H groups in total. The third-order valence-electron chi connectivity index (χ3n) is 1.05. The number of hydrogen-bond acceptors (Lipinski definition) is 4. The molecule has 0 saturated heterocycles. The summed E-state index contributed by atoms with van der Waals surface area (Å²) in [4.78, 5) is 9.98. The van der Waals surface area contributed by atoms with Crippen LogP contribution in [-0.2, 0) is 4.79 Å². The predicted octanol–water partition coefficient (Wildman–Crippen LogP) is -0.728. The van der Waals surface area contributed by atoms with E-state index in [0.29, 0.717) is 19.3 Å². The normalized spacial score (nSPS) is 13.1. The molecule has 0 heterocycles. The molecule has 0 aliphatic heterocycles. The van der Waals surface area contributed by atoms with Crippen LogP contribution in [0, 0.1) is 0 Å². The molecule has 54 valence electrons. The van der Waals surface area contributed by atoms with Crippen molar-refractivity contribution >= 4 is 6.29 Å². The van der Waals surface area contributed by atoms with Gasteiger partial charge in [-0.1, -0.05) is 0 Å². The van der Waals surface area contributed by atoms with Gasteiger partial charge in [-0.05, 0) is 19.4 Å². The van der Waals surface area contributed by atoms with E-state index in [9.17, 15) is 4.79 Å². The second-order valence-corrected chi connectivity index (χ2v) is 1.80. The van der Waals surface area contributed by atoms with Crippen molar-refractivity contribution in [1.29, 1.82) is 0 Å². The standard InChI is InChI=1S/C5H12N2O2/c6-3-1-2-5(4-8)7-9/h4-5,7,9H,1-3,6H2/t5-/m0/s1. The molecule has 0 unspecified atom stereocenters. The molecule has 0 bridgehead atoms. The number of nitrogens with two attached hydrogens (primary N) is 1. The summed E-state index contributed by atoms with van der Waals surface area (Å²) in [5, 5.41) is 8.23. The molecule has 0 aromatic carbocycles. The second kappa shape index (κ2) is 5.68. The quantitative estimate of drug-likeness (QED) is 0.340. The predicted molar refractivity (Wildman–Crippen MR) is 33.1 cm³/mol. The highest BCUT2D eigenvalue weighted by Gasteiger charge is 2.01. The molecule has 0 amide bonds. The Hall–Kier alpha value is -0.450. The lowest BCUT2D eigenvalue weighted by atomic mass is 10.2. The highest BCUT2D eigenvalue weighted by Crippen LogP contribution is 1.90. The minimum atomic E-state index is -0.450. The molecule has 0 aliphatic carbocycles. The van der Waals surface area contributed by atoms with E-state index < -0.39 is 6.04 Å². The van der Waals surface area contributed by atoms with Gasteiger partial charge < -0.3 is 15.7 Å². The average molecular weight is 132 g/mol. The zero-order valence-electron chi connectivity index (χ0n) is 5.21. The topological polar surface area (TPSA) is 75.4 Å². The largest absolute Gasteiger partial charge is 0.330 e. The number of aldehydes is 1. The molecule has 4 heteroatoms. The van der Waals surface area contributed by atoms with Gasteiger partial charge in [0.1, 0.15) is 6.29 Å². The Kier molecular flexibility index (Phi) is 5.40. The van der Waals surface area contributed by atoms with Gasteiger partial charge in [0, 0.05) is 0 Å². The first kappa shape index (κ1) is 8.55. The van der Waals surface area contributed by atoms with Gasteiger partial charge in [0.25, 0.3) is 0 Å². The molecule has 0 aromatic rings. The molecule has 0 rings (SSSR count). The molecule has 4 nitrogen and oxygen atoms in total. The minimum absolute atomic E-state index is 0.450. The lowest BCUT2D eigenvalue weighted by Crippen LogP contribution is -2.27. The molecule has 1 atom stereocenters. The van der Waals surface area contributed by atoms with Crippen LogP contribution in [0.1, 0.15) is 12.8 Å². The van der Waals surface area contributed by atoms with E-state index in [1.54, 1.807) is 0 Å². The van der Waals surface area contributed by atoms with E-state index in [1.165, 1.54) is 0 Å². The number of carbonyl (C=O) groups excluding carboxylic acids is 1. The Morgan fingerprint density at radius 3 is 2.78 bits per heavy atom. The van der Waals surface area contributed by atoms with Gasteiger partial charge in [-0.15, -0.1) is 0 Å². The zero-order chi connectivity index (χ0) is 7.11. The van der Waals surface area contributed by atoms with E-state index in [0.717, 1.165) is 6.42 Å². The van der Waals surface area contributed by atoms with Crippen LogP contribution in [0.3, 0.4) is 0 Å². The fourth-order valence-corrected chi connectivity index (χ4v) is 0.501. The Morgan fingerprint density at radius 1 is 1.78 bits per heavy atom. The van der Waals surface area contributed by atoms with E-state index in [2.05, 4.69) is 0 Å². The Labute approximate surface area is 54.0 Å². The van der Waals surface area contributed by atoms with Crippen molar-refractivity contribution in [2.75, 3.05) is 6.54 Å². The molecular weight excluding hydrogens is 120 g/mol. The van der Waals surface area contributed by atoms with E-state index in [-0.39, 0.29) is 0 Å². The van der Waals surface area contributed by atoms with Crippen molar-refractivity contribution in [3.63, 3.8) is 0 Å². The van der Waals surface area contributed by atoms with Gasteiger partial charge in [0.15, 0.2) is 0 Å². The highest BCUT2D eigenvalue weighted by atomic mass is 16.5. The summed E-state index contributed by atoms with van der Waals surface area (Å²) in [7, 11) is 0. The van der Waals surface area contributed by atoms with Crippen LogP contribution in [-0.4, -0.2) is 24.1 Å². The third-order valence-corrected chi connectivity index (χ3v) is 1.05. The number of rotatable bonds is 5. The first-order valence-electron chi connectivity index (χ1n) is 2.90. The SMILES string of the molecule is NCCC[C@@H](C=O)NO. The maximum Gasteiger partial charge on any atom is 0.139 e. The van der Waals surface area contributed by atoms with Crippen LogP contribution in [0.5, 0.6) is 0 Å². The smallest absolute Gasteiger partial charge is 0.139 e. The van der Waals surface area contributed by atoms with Gasteiger partial charge in [-0.25, -0.2) is 0 Å². The minimum Gasteiger partial charge on any atom is -0.330 e. The highest BCUT2D eigenvalue weighted by molar-refractivity contribution is 5.56. The molecular formula is C5H12N2O2. The second-order valence-electron chi connectivity index (χ2n) is 1.80. The Balaban J connectivity index is 3.20. The zero-order valence-corrected chi connectivity index (χ0v) is 5.21. The molecule has 0 aliphatic rings. The van der Waals surface area contributed by atoms with Crippen molar-refractivity contribution in [2.45, 2.75) is 18.9 Å². The lowest BCUT2D eigenvalue weighted by molar-refractivity contribution is -0.112. The summed E-state index contributed by atoms with van der Waals surface area (Å²) in [5.74, 6) is 0. The summed E-state index contributed by atoms with van der Waals surface area (Å²) in [6.45, 7) is 0.548. The van der Waals surface area contributed by atoms with Crippen molar-refractivity contribution in [3.05, 3.63) is 0 Å². The number of nitrogens with one attached hydrogen (secondary N) is 1. The first-order valence-corrected chi connectivity index (χ1v) is 2.90. The van der Waals surface area contributed by atoms with Crippen molar-refractivity contribution in [1.82, 2.24) is 5.48 Å². The van der Waals surface area contributed by atoms with E-state index in [1.807, 2.05) is 5.48 Å². The summed E-state index contributed by atoms with van der Waals surface area (Å²) in [5.41, 5.74) is 7.02. The number of hydrogen-bond donors (Lipinski definition) is 3. The van der Waals surface area contributed by atoms with Crippen LogP contribution in [0.15, 0.2) is 0 Å².